The Balaban J connectivity index is 2.69. The normalized spacial score (nSPS) is 12.1. The summed E-state index contributed by atoms with van der Waals surface area (Å²) in [4.78, 5) is 22.7. The van der Waals surface area contributed by atoms with Gasteiger partial charge in [0.2, 0.25) is 0 Å². The molecule has 1 aromatic rings. The molecule has 19 heavy (non-hydrogen) atoms. The van der Waals surface area contributed by atoms with E-state index < -0.39 is 18.0 Å². The topological polar surface area (TPSA) is 78.4 Å². The lowest BCUT2D eigenvalue weighted by Crippen LogP contribution is -2.46. The molecule has 0 aromatic heterocycles. The van der Waals surface area contributed by atoms with Gasteiger partial charge in [-0.1, -0.05) is 29.8 Å². The first kappa shape index (κ1) is 15.5. The highest BCUT2D eigenvalue weighted by Crippen LogP contribution is 2.19. The fraction of sp³-hybridized carbons (Fsp3) is 0.385. The van der Waals surface area contributed by atoms with Crippen LogP contribution in [0.4, 0.5) is 10.5 Å². The number of hydrogen-bond donors (Lipinski definition) is 3. The Hall–Kier alpha value is -1.56. The van der Waals surface area contributed by atoms with E-state index in [4.69, 9.17) is 5.11 Å². The molecule has 3 N–H and O–H groups in total. The highest BCUT2D eigenvalue weighted by molar-refractivity contribution is 9.10. The summed E-state index contributed by atoms with van der Waals surface area (Å²) in [5.74, 6) is -1.23. The Morgan fingerprint density at radius 1 is 1.32 bits per heavy atom. The number of aliphatic carboxylic acids is 1. The van der Waals surface area contributed by atoms with Crippen LogP contribution < -0.4 is 10.6 Å². The van der Waals surface area contributed by atoms with Crippen molar-refractivity contribution in [3.05, 3.63) is 28.2 Å². The quantitative estimate of drug-likeness (QED) is 0.795. The number of carbonyl (C=O) groups is 2. The van der Waals surface area contributed by atoms with Gasteiger partial charge in [-0.3, -0.25) is 0 Å². The molecule has 104 valence electrons. The molecule has 0 heterocycles. The van der Waals surface area contributed by atoms with Gasteiger partial charge in [-0.05, 0) is 36.6 Å². The fourth-order valence-electron chi connectivity index (χ4n) is 1.54. The van der Waals surface area contributed by atoms with Gasteiger partial charge < -0.3 is 15.7 Å². The molecule has 0 aliphatic rings. The Morgan fingerprint density at radius 3 is 2.42 bits per heavy atom. The van der Waals surface area contributed by atoms with Crippen molar-refractivity contribution in [2.75, 3.05) is 5.32 Å². The average Bonchev–Trinajstić information content (AvgIpc) is 2.30. The minimum atomic E-state index is -1.04. The predicted octanol–water partition coefficient (Wildman–Crippen LogP) is 2.99. The van der Waals surface area contributed by atoms with Crippen LogP contribution in [0.2, 0.25) is 0 Å². The smallest absolute Gasteiger partial charge is 0.326 e. The van der Waals surface area contributed by atoms with Crippen LogP contribution in [0.15, 0.2) is 22.7 Å². The number of hydrogen-bond acceptors (Lipinski definition) is 2. The Kier molecular flexibility index (Phi) is 5.35. The molecule has 6 heteroatoms. The number of benzene rings is 1. The average molecular weight is 329 g/mol. The summed E-state index contributed by atoms with van der Waals surface area (Å²) >= 11 is 3.37. The summed E-state index contributed by atoms with van der Waals surface area (Å²) in [5, 5.41) is 14.0. The lowest BCUT2D eigenvalue weighted by atomic mass is 10.1. The monoisotopic (exact) mass is 328 g/mol. The molecule has 2 amide bonds. The second kappa shape index (κ2) is 6.56. The number of rotatable bonds is 4. The Bertz CT molecular complexity index is 489. The van der Waals surface area contributed by atoms with E-state index in [1.807, 2.05) is 13.0 Å². The maximum absolute atomic E-state index is 11.7. The predicted molar refractivity (Wildman–Crippen MR) is 77.3 cm³/mol. The number of carbonyl (C=O) groups excluding carboxylic acids is 1. The van der Waals surface area contributed by atoms with Crippen LogP contribution in [0.25, 0.3) is 0 Å². The third-order valence-corrected chi connectivity index (χ3v) is 3.52. The number of aryl methyl sites for hydroxylation is 1. The summed E-state index contributed by atoms with van der Waals surface area (Å²) in [5.41, 5.74) is 1.60. The molecule has 5 nitrogen and oxygen atoms in total. The zero-order valence-electron chi connectivity index (χ0n) is 11.0. The van der Waals surface area contributed by atoms with E-state index in [1.165, 1.54) is 0 Å². The summed E-state index contributed by atoms with van der Waals surface area (Å²) in [6.45, 7) is 5.38. The number of anilines is 1. The molecule has 0 fully saturated rings. The van der Waals surface area contributed by atoms with Crippen molar-refractivity contribution in [2.45, 2.75) is 26.8 Å². The van der Waals surface area contributed by atoms with Gasteiger partial charge >= 0.3 is 12.0 Å². The molecular formula is C13H17BrN2O3. The molecule has 1 rings (SSSR count). The maximum atomic E-state index is 11.7. The van der Waals surface area contributed by atoms with Crippen LogP contribution in [0.3, 0.4) is 0 Å². The van der Waals surface area contributed by atoms with E-state index in [9.17, 15) is 9.59 Å². The van der Waals surface area contributed by atoms with Crippen molar-refractivity contribution in [2.24, 2.45) is 5.92 Å². The fourth-order valence-corrected chi connectivity index (χ4v) is 1.79. The van der Waals surface area contributed by atoms with Gasteiger partial charge in [0.25, 0.3) is 0 Å². The number of urea groups is 1. The van der Waals surface area contributed by atoms with E-state index in [0.29, 0.717) is 5.69 Å². The Labute approximate surface area is 120 Å². The van der Waals surface area contributed by atoms with E-state index in [1.54, 1.807) is 26.0 Å². The molecule has 0 spiro atoms. The molecule has 0 radical (unpaired) electrons. The summed E-state index contributed by atoms with van der Waals surface area (Å²) in [6, 6.07) is 3.93. The van der Waals surface area contributed by atoms with Crippen LogP contribution in [-0.4, -0.2) is 23.1 Å². The van der Waals surface area contributed by atoms with Crippen LogP contribution in [0, 0.1) is 12.8 Å². The van der Waals surface area contributed by atoms with Crippen LogP contribution >= 0.6 is 15.9 Å². The first-order valence-electron chi connectivity index (χ1n) is 5.87. The highest BCUT2D eigenvalue weighted by Gasteiger charge is 2.23. The van der Waals surface area contributed by atoms with Crippen molar-refractivity contribution in [1.29, 1.82) is 0 Å². The third-order valence-electron chi connectivity index (χ3n) is 2.64. The van der Waals surface area contributed by atoms with E-state index in [-0.39, 0.29) is 5.92 Å². The second-order valence-corrected chi connectivity index (χ2v) is 5.48. The lowest BCUT2D eigenvalue weighted by Gasteiger charge is -2.18. The lowest BCUT2D eigenvalue weighted by molar-refractivity contribution is -0.140. The zero-order chi connectivity index (χ0) is 14.6. The van der Waals surface area contributed by atoms with Gasteiger partial charge in [-0.25, -0.2) is 9.59 Å². The summed E-state index contributed by atoms with van der Waals surface area (Å²) in [6.07, 6.45) is 0. The number of carboxylic acid groups (broad SMARTS) is 1. The van der Waals surface area contributed by atoms with Crippen molar-refractivity contribution < 1.29 is 14.7 Å². The minimum absolute atomic E-state index is 0.185. The highest BCUT2D eigenvalue weighted by atomic mass is 79.9. The molecule has 0 aliphatic carbocycles. The first-order valence-corrected chi connectivity index (χ1v) is 6.67. The van der Waals surface area contributed by atoms with Gasteiger partial charge in [0.15, 0.2) is 0 Å². The van der Waals surface area contributed by atoms with E-state index >= 15 is 0 Å². The summed E-state index contributed by atoms with van der Waals surface area (Å²) in [7, 11) is 0. The number of halogens is 1. The standard InChI is InChI=1S/C13H17BrN2O3/c1-7(2)11(12(17)18)16-13(19)15-9-4-5-10(14)8(3)6-9/h4-7,11H,1-3H3,(H,17,18)(H2,15,16,19)/t11-/m0/s1. The molecule has 0 saturated carbocycles. The van der Waals surface area contributed by atoms with Crippen molar-refractivity contribution in [3.8, 4) is 0 Å². The molecule has 0 saturated heterocycles. The van der Waals surface area contributed by atoms with Crippen LogP contribution in [0.1, 0.15) is 19.4 Å². The zero-order valence-corrected chi connectivity index (χ0v) is 12.6. The Morgan fingerprint density at radius 2 is 1.95 bits per heavy atom. The molecule has 1 atom stereocenters. The molecular weight excluding hydrogens is 312 g/mol. The van der Waals surface area contributed by atoms with E-state index in [0.717, 1.165) is 10.0 Å². The number of amides is 2. The SMILES string of the molecule is Cc1cc(NC(=O)N[C@H](C(=O)O)C(C)C)ccc1Br. The van der Waals surface area contributed by atoms with Crippen LogP contribution in [0.5, 0.6) is 0 Å². The minimum Gasteiger partial charge on any atom is -0.480 e. The third kappa shape index (κ3) is 4.55. The van der Waals surface area contributed by atoms with Crippen molar-refractivity contribution in [1.82, 2.24) is 5.32 Å². The van der Waals surface area contributed by atoms with Gasteiger partial charge in [-0.15, -0.1) is 0 Å². The maximum Gasteiger partial charge on any atom is 0.326 e. The number of nitrogens with one attached hydrogen (secondary N) is 2. The first-order chi connectivity index (χ1) is 8.81. The van der Waals surface area contributed by atoms with E-state index in [2.05, 4.69) is 26.6 Å². The van der Waals surface area contributed by atoms with Crippen LogP contribution in [-0.2, 0) is 4.79 Å². The molecule has 0 aliphatic heterocycles. The van der Waals surface area contributed by atoms with Gasteiger partial charge in [0.1, 0.15) is 6.04 Å². The molecule has 0 bridgehead atoms. The van der Waals surface area contributed by atoms with Crippen molar-refractivity contribution in [3.63, 3.8) is 0 Å². The van der Waals surface area contributed by atoms with Gasteiger partial charge in [-0.2, -0.15) is 0 Å². The van der Waals surface area contributed by atoms with Gasteiger partial charge in [0.05, 0.1) is 0 Å². The van der Waals surface area contributed by atoms with Gasteiger partial charge in [0, 0.05) is 10.2 Å². The second-order valence-electron chi connectivity index (χ2n) is 4.62. The molecule has 1 aromatic carbocycles. The number of carboxylic acids is 1. The largest absolute Gasteiger partial charge is 0.480 e. The summed E-state index contributed by atoms with van der Waals surface area (Å²) < 4.78 is 0.948. The van der Waals surface area contributed by atoms with Crippen molar-refractivity contribution >= 4 is 33.6 Å². The molecule has 0 unspecified atom stereocenters.